The van der Waals surface area contributed by atoms with Crippen LogP contribution in [0.15, 0.2) is 55.0 Å². The highest BCUT2D eigenvalue weighted by atomic mass is 16.1. The van der Waals surface area contributed by atoms with Crippen molar-refractivity contribution in [1.29, 1.82) is 0 Å². The predicted molar refractivity (Wildman–Crippen MR) is 78.6 cm³/mol. The molecule has 2 N–H and O–H groups in total. The third-order valence-electron chi connectivity index (χ3n) is 3.24. The number of hydrogen-bond donors (Lipinski definition) is 2. The van der Waals surface area contributed by atoms with Crippen molar-refractivity contribution < 1.29 is 4.79 Å². The Bertz CT molecular complexity index is 719. The fourth-order valence-electron chi connectivity index (χ4n) is 2.16. The fourth-order valence-corrected chi connectivity index (χ4v) is 2.16. The number of nitrogens with one attached hydrogen (secondary N) is 2. The summed E-state index contributed by atoms with van der Waals surface area (Å²) in [6, 6.07) is 11.5. The van der Waals surface area contributed by atoms with Gasteiger partial charge in [-0.1, -0.05) is 6.07 Å². The van der Waals surface area contributed by atoms with E-state index >= 15 is 0 Å². The smallest absolute Gasteiger partial charge is 0.251 e. The highest BCUT2D eigenvalue weighted by Crippen LogP contribution is 2.14. The zero-order chi connectivity index (χ0) is 13.8. The SMILES string of the molecule is O=C(NCCc1cccnc1)c1ccc2[nH]ccc2c1. The number of fused-ring (bicyclic) bond motifs is 1. The molecule has 4 heteroatoms. The summed E-state index contributed by atoms with van der Waals surface area (Å²) >= 11 is 0. The van der Waals surface area contributed by atoms with Crippen LogP contribution in [0.25, 0.3) is 10.9 Å². The van der Waals surface area contributed by atoms with Crippen molar-refractivity contribution in [3.8, 4) is 0 Å². The minimum Gasteiger partial charge on any atom is -0.361 e. The van der Waals surface area contributed by atoms with Crippen LogP contribution in [0.3, 0.4) is 0 Å². The molecule has 0 fully saturated rings. The first-order chi connectivity index (χ1) is 9.83. The van der Waals surface area contributed by atoms with Crippen LogP contribution in [0.4, 0.5) is 0 Å². The molecule has 1 aromatic carbocycles. The molecule has 0 aliphatic rings. The van der Waals surface area contributed by atoms with Crippen LogP contribution in [0.1, 0.15) is 15.9 Å². The van der Waals surface area contributed by atoms with Crippen LogP contribution < -0.4 is 5.32 Å². The predicted octanol–water partition coefficient (Wildman–Crippen LogP) is 2.54. The average Bonchev–Trinajstić information content (AvgIpc) is 2.95. The highest BCUT2D eigenvalue weighted by Gasteiger charge is 2.06. The Balaban J connectivity index is 1.61. The van der Waals surface area contributed by atoms with Gasteiger partial charge in [-0.05, 0) is 42.3 Å². The molecule has 0 aliphatic heterocycles. The van der Waals surface area contributed by atoms with E-state index in [0.29, 0.717) is 12.1 Å². The summed E-state index contributed by atoms with van der Waals surface area (Å²) < 4.78 is 0. The van der Waals surface area contributed by atoms with Gasteiger partial charge in [0.2, 0.25) is 0 Å². The normalized spacial score (nSPS) is 10.6. The summed E-state index contributed by atoms with van der Waals surface area (Å²) in [5.41, 5.74) is 2.84. The second-order valence-corrected chi connectivity index (χ2v) is 4.65. The summed E-state index contributed by atoms with van der Waals surface area (Å²) in [5, 5.41) is 3.97. The van der Waals surface area contributed by atoms with E-state index in [1.54, 1.807) is 6.20 Å². The molecule has 0 saturated heterocycles. The number of H-pyrrole nitrogens is 1. The molecule has 20 heavy (non-hydrogen) atoms. The van der Waals surface area contributed by atoms with E-state index < -0.39 is 0 Å². The van der Waals surface area contributed by atoms with Gasteiger partial charge in [0.1, 0.15) is 0 Å². The Morgan fingerprint density at radius 1 is 1.25 bits per heavy atom. The van der Waals surface area contributed by atoms with Crippen LogP contribution >= 0.6 is 0 Å². The number of carbonyl (C=O) groups excluding carboxylic acids is 1. The molecule has 2 aromatic heterocycles. The van der Waals surface area contributed by atoms with E-state index in [9.17, 15) is 4.79 Å². The lowest BCUT2D eigenvalue weighted by Crippen LogP contribution is -2.25. The van der Waals surface area contributed by atoms with Gasteiger partial charge in [0.15, 0.2) is 0 Å². The molecule has 3 rings (SSSR count). The van der Waals surface area contributed by atoms with Gasteiger partial charge in [-0.3, -0.25) is 9.78 Å². The van der Waals surface area contributed by atoms with E-state index in [1.807, 2.05) is 48.8 Å². The largest absolute Gasteiger partial charge is 0.361 e. The van der Waals surface area contributed by atoms with Crippen LogP contribution in [0.2, 0.25) is 0 Å². The molecule has 3 aromatic rings. The van der Waals surface area contributed by atoms with Crippen LogP contribution in [0, 0.1) is 0 Å². The maximum atomic E-state index is 12.1. The van der Waals surface area contributed by atoms with E-state index in [0.717, 1.165) is 22.9 Å². The van der Waals surface area contributed by atoms with Crippen molar-refractivity contribution in [3.05, 3.63) is 66.1 Å². The van der Waals surface area contributed by atoms with E-state index in [-0.39, 0.29) is 5.91 Å². The molecular weight excluding hydrogens is 250 g/mol. The van der Waals surface area contributed by atoms with E-state index in [1.165, 1.54) is 0 Å². The molecule has 0 radical (unpaired) electrons. The van der Waals surface area contributed by atoms with Crippen molar-refractivity contribution >= 4 is 16.8 Å². The van der Waals surface area contributed by atoms with Crippen molar-refractivity contribution in [1.82, 2.24) is 15.3 Å². The third-order valence-corrected chi connectivity index (χ3v) is 3.24. The molecule has 1 amide bonds. The molecule has 0 atom stereocenters. The number of hydrogen-bond acceptors (Lipinski definition) is 2. The van der Waals surface area contributed by atoms with Gasteiger partial charge < -0.3 is 10.3 Å². The van der Waals surface area contributed by atoms with Gasteiger partial charge >= 0.3 is 0 Å². The van der Waals surface area contributed by atoms with Gasteiger partial charge in [0, 0.05) is 41.6 Å². The second-order valence-electron chi connectivity index (χ2n) is 4.65. The van der Waals surface area contributed by atoms with Crippen LogP contribution in [-0.4, -0.2) is 22.4 Å². The number of aromatic nitrogens is 2. The number of amides is 1. The lowest BCUT2D eigenvalue weighted by molar-refractivity contribution is 0.0954. The van der Waals surface area contributed by atoms with Crippen LogP contribution in [0.5, 0.6) is 0 Å². The van der Waals surface area contributed by atoms with Crippen molar-refractivity contribution in [2.45, 2.75) is 6.42 Å². The second kappa shape index (κ2) is 5.57. The molecule has 0 saturated carbocycles. The standard InChI is InChI=1S/C16H15N3O/c20-16(19-8-5-12-2-1-7-17-11-12)14-3-4-15-13(10-14)6-9-18-15/h1-4,6-7,9-11,18H,5,8H2,(H,19,20). The Kier molecular flexibility index (Phi) is 3.46. The lowest BCUT2D eigenvalue weighted by Gasteiger charge is -2.05. The minimum absolute atomic E-state index is 0.0445. The number of nitrogens with zero attached hydrogens (tertiary/aromatic N) is 1. The van der Waals surface area contributed by atoms with Crippen molar-refractivity contribution in [3.63, 3.8) is 0 Å². The Labute approximate surface area is 116 Å². The van der Waals surface area contributed by atoms with Crippen molar-refractivity contribution in [2.75, 3.05) is 6.54 Å². The molecule has 0 aliphatic carbocycles. The van der Waals surface area contributed by atoms with Gasteiger partial charge in [-0.2, -0.15) is 0 Å². The lowest BCUT2D eigenvalue weighted by atomic mass is 10.1. The van der Waals surface area contributed by atoms with E-state index in [2.05, 4.69) is 15.3 Å². The summed E-state index contributed by atoms with van der Waals surface area (Å²) in [6.07, 6.45) is 6.22. The monoisotopic (exact) mass is 265 g/mol. The molecule has 0 spiro atoms. The van der Waals surface area contributed by atoms with Crippen LogP contribution in [-0.2, 0) is 6.42 Å². The third kappa shape index (κ3) is 2.69. The Hall–Kier alpha value is -2.62. The molecule has 0 bridgehead atoms. The highest BCUT2D eigenvalue weighted by molar-refractivity contribution is 5.98. The number of benzene rings is 1. The number of carbonyl (C=O) groups is 1. The zero-order valence-electron chi connectivity index (χ0n) is 11.0. The zero-order valence-corrected chi connectivity index (χ0v) is 11.0. The molecule has 2 heterocycles. The Morgan fingerprint density at radius 2 is 2.20 bits per heavy atom. The molecule has 100 valence electrons. The van der Waals surface area contributed by atoms with Gasteiger partial charge in [0.25, 0.3) is 5.91 Å². The van der Waals surface area contributed by atoms with Crippen molar-refractivity contribution in [2.24, 2.45) is 0 Å². The molecule has 4 nitrogen and oxygen atoms in total. The number of aromatic amines is 1. The van der Waals surface area contributed by atoms with Gasteiger partial charge in [-0.15, -0.1) is 0 Å². The molecular formula is C16H15N3O. The topological polar surface area (TPSA) is 57.8 Å². The number of pyridine rings is 1. The first-order valence-electron chi connectivity index (χ1n) is 6.57. The molecule has 0 unspecified atom stereocenters. The maximum absolute atomic E-state index is 12.1. The Morgan fingerprint density at radius 3 is 3.05 bits per heavy atom. The van der Waals surface area contributed by atoms with E-state index in [4.69, 9.17) is 0 Å². The minimum atomic E-state index is -0.0445. The summed E-state index contributed by atoms with van der Waals surface area (Å²) in [4.78, 5) is 19.2. The first-order valence-corrected chi connectivity index (χ1v) is 6.57. The quantitative estimate of drug-likeness (QED) is 0.761. The summed E-state index contributed by atoms with van der Waals surface area (Å²) in [7, 11) is 0. The summed E-state index contributed by atoms with van der Waals surface area (Å²) in [5.74, 6) is -0.0445. The number of rotatable bonds is 4. The van der Waals surface area contributed by atoms with Gasteiger partial charge in [-0.25, -0.2) is 0 Å². The maximum Gasteiger partial charge on any atom is 0.251 e. The first kappa shape index (κ1) is 12.4. The average molecular weight is 265 g/mol. The fraction of sp³-hybridized carbons (Fsp3) is 0.125. The summed E-state index contributed by atoms with van der Waals surface area (Å²) in [6.45, 7) is 0.607. The van der Waals surface area contributed by atoms with Gasteiger partial charge in [0.05, 0.1) is 0 Å².